The van der Waals surface area contributed by atoms with Gasteiger partial charge < -0.3 is 19.5 Å². The molecule has 0 aliphatic carbocycles. The molecule has 0 aliphatic heterocycles. The molecule has 12 nitrogen and oxygen atoms in total. The molecule has 0 heterocycles. The topological polar surface area (TPSA) is 162 Å². The van der Waals surface area contributed by atoms with Crippen molar-refractivity contribution in [2.75, 3.05) is 40.0 Å². The second-order valence-corrected chi connectivity index (χ2v) is 5.21. The van der Waals surface area contributed by atoms with Crippen molar-refractivity contribution >= 4 is 23.3 Å². The van der Waals surface area contributed by atoms with Crippen LogP contribution in [0.1, 0.15) is 16.8 Å². The molecule has 0 fully saturated rings. The Morgan fingerprint density at radius 3 is 2.15 bits per heavy atom. The van der Waals surface area contributed by atoms with Gasteiger partial charge in [-0.2, -0.15) is 0 Å². The van der Waals surface area contributed by atoms with E-state index in [1.165, 1.54) is 7.11 Å². The average molecular weight is 385 g/mol. The van der Waals surface area contributed by atoms with Crippen LogP contribution in [0.4, 0.5) is 11.4 Å². The normalized spacial score (nSPS) is 10.3. The maximum absolute atomic E-state index is 12.7. The van der Waals surface area contributed by atoms with Crippen LogP contribution in [0.3, 0.4) is 0 Å². The summed E-state index contributed by atoms with van der Waals surface area (Å²) in [4.78, 5) is 45.4. The van der Waals surface area contributed by atoms with Crippen LogP contribution < -0.4 is 0 Å². The van der Waals surface area contributed by atoms with Crippen molar-refractivity contribution in [1.82, 2.24) is 4.90 Å². The third kappa shape index (κ3) is 6.95. The Bertz CT molecular complexity index is 676. The number of nitro benzene ring substituents is 2. The standard InChI is InChI=1S/C15H19N3O9/c1-26-14(20)2-3-16(4-6-27-7-5-19)15(21)11-8-12(17(22)23)10-13(9-11)18(24)25/h8-10,19H,2-7H2,1H3. The fourth-order valence-electron chi connectivity index (χ4n) is 2.10. The Hall–Kier alpha value is -3.12. The summed E-state index contributed by atoms with van der Waals surface area (Å²) in [5, 5.41) is 30.6. The van der Waals surface area contributed by atoms with E-state index in [4.69, 9.17) is 9.84 Å². The number of benzene rings is 1. The minimum absolute atomic E-state index is 0.00627. The molecular formula is C15H19N3O9. The fourth-order valence-corrected chi connectivity index (χ4v) is 2.10. The number of hydrogen-bond donors (Lipinski definition) is 1. The van der Waals surface area contributed by atoms with Gasteiger partial charge in [-0.05, 0) is 0 Å². The van der Waals surface area contributed by atoms with Gasteiger partial charge in [0.2, 0.25) is 0 Å². The van der Waals surface area contributed by atoms with Gasteiger partial charge in [0.05, 0.1) is 54.8 Å². The first-order valence-corrected chi connectivity index (χ1v) is 7.78. The number of aliphatic hydroxyl groups excluding tert-OH is 1. The number of carbonyl (C=O) groups excluding carboxylic acids is 2. The zero-order valence-corrected chi connectivity index (χ0v) is 14.5. The number of rotatable bonds is 11. The molecule has 0 spiro atoms. The van der Waals surface area contributed by atoms with Crippen molar-refractivity contribution in [3.8, 4) is 0 Å². The van der Waals surface area contributed by atoms with E-state index in [1.807, 2.05) is 0 Å². The van der Waals surface area contributed by atoms with Crippen LogP contribution >= 0.6 is 0 Å². The first-order valence-electron chi connectivity index (χ1n) is 7.78. The van der Waals surface area contributed by atoms with Crippen molar-refractivity contribution in [2.24, 2.45) is 0 Å². The highest BCUT2D eigenvalue weighted by atomic mass is 16.6. The molecule has 1 aromatic carbocycles. The SMILES string of the molecule is COC(=O)CCN(CCOCCO)C(=O)c1cc([N+](=O)[O-])cc([N+](=O)[O-])c1. The van der Waals surface area contributed by atoms with E-state index < -0.39 is 33.1 Å². The van der Waals surface area contributed by atoms with Crippen LogP contribution in [-0.4, -0.2) is 71.7 Å². The highest BCUT2D eigenvalue weighted by Gasteiger charge is 2.23. The van der Waals surface area contributed by atoms with Gasteiger partial charge in [-0.1, -0.05) is 0 Å². The van der Waals surface area contributed by atoms with E-state index >= 15 is 0 Å². The van der Waals surface area contributed by atoms with Crippen molar-refractivity contribution in [1.29, 1.82) is 0 Å². The molecule has 0 unspecified atom stereocenters. The Balaban J connectivity index is 3.08. The number of carbonyl (C=O) groups is 2. The Labute approximate surface area is 153 Å². The summed E-state index contributed by atoms with van der Waals surface area (Å²) < 4.78 is 9.59. The zero-order chi connectivity index (χ0) is 20.4. The first-order chi connectivity index (χ1) is 12.8. The molecule has 0 bridgehead atoms. The minimum Gasteiger partial charge on any atom is -0.469 e. The van der Waals surface area contributed by atoms with Crippen LogP contribution in [0.2, 0.25) is 0 Å². The van der Waals surface area contributed by atoms with Gasteiger partial charge in [0.1, 0.15) is 0 Å². The maximum atomic E-state index is 12.7. The summed E-state index contributed by atoms with van der Waals surface area (Å²) in [5.41, 5.74) is -1.46. The Morgan fingerprint density at radius 1 is 1.07 bits per heavy atom. The second-order valence-electron chi connectivity index (χ2n) is 5.21. The molecule has 0 radical (unpaired) electrons. The Kier molecular flexibility index (Phi) is 8.75. The summed E-state index contributed by atoms with van der Waals surface area (Å²) in [6.07, 6.45) is -0.140. The highest BCUT2D eigenvalue weighted by Crippen LogP contribution is 2.23. The number of nitrogens with zero attached hydrogens (tertiary/aromatic N) is 3. The van der Waals surface area contributed by atoms with E-state index in [0.717, 1.165) is 23.1 Å². The lowest BCUT2D eigenvalue weighted by molar-refractivity contribution is -0.394. The molecule has 27 heavy (non-hydrogen) atoms. The summed E-state index contributed by atoms with van der Waals surface area (Å²) in [7, 11) is 1.18. The monoisotopic (exact) mass is 385 g/mol. The largest absolute Gasteiger partial charge is 0.469 e. The van der Waals surface area contributed by atoms with E-state index in [2.05, 4.69) is 4.74 Å². The molecule has 0 aliphatic rings. The third-order valence-corrected chi connectivity index (χ3v) is 3.41. The van der Waals surface area contributed by atoms with Crippen molar-refractivity contribution in [2.45, 2.75) is 6.42 Å². The number of esters is 1. The number of non-ortho nitro benzene ring substituents is 2. The number of amides is 1. The van der Waals surface area contributed by atoms with Crippen LogP contribution in [0, 0.1) is 20.2 Å². The summed E-state index contributed by atoms with van der Waals surface area (Å²) in [5.74, 6) is -1.31. The van der Waals surface area contributed by atoms with Gasteiger partial charge in [0, 0.05) is 25.2 Å². The molecule has 1 N–H and O–H groups in total. The molecule has 0 atom stereocenters. The van der Waals surface area contributed by atoms with Crippen molar-refractivity contribution in [3.63, 3.8) is 0 Å². The van der Waals surface area contributed by atoms with Crippen molar-refractivity contribution < 1.29 is 34.0 Å². The predicted molar refractivity (Wildman–Crippen MR) is 90.2 cm³/mol. The van der Waals surface area contributed by atoms with Gasteiger partial charge in [-0.15, -0.1) is 0 Å². The molecule has 1 amide bonds. The van der Waals surface area contributed by atoms with E-state index in [9.17, 15) is 29.8 Å². The predicted octanol–water partition coefficient (Wildman–Crippen LogP) is 0.517. The smallest absolute Gasteiger partial charge is 0.307 e. The van der Waals surface area contributed by atoms with Gasteiger partial charge in [-0.3, -0.25) is 29.8 Å². The quantitative estimate of drug-likeness (QED) is 0.247. The molecular weight excluding hydrogens is 366 g/mol. The lowest BCUT2D eigenvalue weighted by Gasteiger charge is -2.22. The van der Waals surface area contributed by atoms with Gasteiger partial charge in [-0.25, -0.2) is 0 Å². The Morgan fingerprint density at radius 2 is 1.67 bits per heavy atom. The molecule has 0 aromatic heterocycles. The molecule has 148 valence electrons. The molecule has 12 heteroatoms. The number of ether oxygens (including phenoxy) is 2. The molecule has 0 saturated heterocycles. The van der Waals surface area contributed by atoms with Crippen LogP contribution in [0.25, 0.3) is 0 Å². The van der Waals surface area contributed by atoms with Crippen molar-refractivity contribution in [3.05, 3.63) is 44.0 Å². The summed E-state index contributed by atoms with van der Waals surface area (Å²) in [6.45, 7) is -0.213. The highest BCUT2D eigenvalue weighted by molar-refractivity contribution is 5.95. The average Bonchev–Trinajstić information content (AvgIpc) is 2.66. The van der Waals surface area contributed by atoms with Gasteiger partial charge in [0.15, 0.2) is 0 Å². The number of nitro groups is 2. The van der Waals surface area contributed by atoms with E-state index in [1.54, 1.807) is 0 Å². The minimum atomic E-state index is -0.840. The maximum Gasteiger partial charge on any atom is 0.307 e. The molecule has 1 aromatic rings. The van der Waals surface area contributed by atoms with E-state index in [0.29, 0.717) is 0 Å². The van der Waals surface area contributed by atoms with E-state index in [-0.39, 0.29) is 44.9 Å². The third-order valence-electron chi connectivity index (χ3n) is 3.41. The lowest BCUT2D eigenvalue weighted by Crippen LogP contribution is -2.36. The number of methoxy groups -OCH3 is 1. The van der Waals surface area contributed by atoms with Crippen LogP contribution in [0.5, 0.6) is 0 Å². The van der Waals surface area contributed by atoms with Gasteiger partial charge >= 0.3 is 5.97 Å². The summed E-state index contributed by atoms with van der Waals surface area (Å²) >= 11 is 0. The number of hydrogen-bond acceptors (Lipinski definition) is 9. The fraction of sp³-hybridized carbons (Fsp3) is 0.467. The summed E-state index contributed by atoms with van der Waals surface area (Å²) in [6, 6.07) is 2.60. The van der Waals surface area contributed by atoms with Crippen LogP contribution in [-0.2, 0) is 14.3 Å². The number of aliphatic hydroxyl groups is 1. The second kappa shape index (κ2) is 10.8. The molecule has 1 rings (SSSR count). The zero-order valence-electron chi connectivity index (χ0n) is 14.5. The van der Waals surface area contributed by atoms with Crippen LogP contribution in [0.15, 0.2) is 18.2 Å². The molecule has 0 saturated carbocycles. The lowest BCUT2D eigenvalue weighted by atomic mass is 10.1. The van der Waals surface area contributed by atoms with Gasteiger partial charge in [0.25, 0.3) is 17.3 Å². The first kappa shape index (κ1) is 21.9.